The van der Waals surface area contributed by atoms with Gasteiger partial charge in [-0.1, -0.05) is 22.0 Å². The monoisotopic (exact) mass is 338 g/mol. The minimum atomic E-state index is 0.0149. The molecule has 1 fully saturated rings. The molecule has 3 atom stereocenters. The summed E-state index contributed by atoms with van der Waals surface area (Å²) in [6.45, 7) is 2.91. The predicted octanol–water partition coefficient (Wildman–Crippen LogP) is 2.74. The van der Waals surface area contributed by atoms with E-state index < -0.39 is 0 Å². The molecule has 108 valence electrons. The molecule has 0 radical (unpaired) electrons. The van der Waals surface area contributed by atoms with Gasteiger partial charge in [0.25, 0.3) is 0 Å². The van der Waals surface area contributed by atoms with E-state index in [2.05, 4.69) is 35.0 Å². The highest BCUT2D eigenvalue weighted by Gasteiger charge is 2.29. The molecule has 5 heteroatoms. The number of alkyl halides is 1. The number of halogens is 1. The molecule has 1 aliphatic rings. The Balaban J connectivity index is 2.01. The number of imidazole rings is 1. The van der Waals surface area contributed by atoms with Gasteiger partial charge in [-0.3, -0.25) is 9.13 Å². The zero-order valence-electron chi connectivity index (χ0n) is 12.0. The number of hydrogen-bond acceptors (Lipinski definition) is 2. The average Bonchev–Trinajstić information content (AvgIpc) is 2.97. The highest BCUT2D eigenvalue weighted by molar-refractivity contribution is 9.09. The van der Waals surface area contributed by atoms with Crippen LogP contribution in [0.15, 0.2) is 23.0 Å². The number of benzene rings is 1. The summed E-state index contributed by atoms with van der Waals surface area (Å²) < 4.78 is 9.04. The van der Waals surface area contributed by atoms with Crippen molar-refractivity contribution in [3.63, 3.8) is 0 Å². The minimum Gasteiger partial charge on any atom is -0.378 e. The lowest BCUT2D eigenvalue weighted by molar-refractivity contribution is 0.120. The first-order valence-corrected chi connectivity index (χ1v) is 7.81. The van der Waals surface area contributed by atoms with Crippen LogP contribution >= 0.6 is 15.9 Å². The Kier molecular flexibility index (Phi) is 3.50. The van der Waals surface area contributed by atoms with Gasteiger partial charge in [-0.05, 0) is 31.0 Å². The predicted molar refractivity (Wildman–Crippen MR) is 83.3 cm³/mol. The summed E-state index contributed by atoms with van der Waals surface area (Å²) in [6, 6.07) is 6.24. The molecular formula is C15H19BrN2O2. The van der Waals surface area contributed by atoms with Gasteiger partial charge in [0, 0.05) is 24.8 Å². The van der Waals surface area contributed by atoms with Crippen molar-refractivity contribution in [1.29, 1.82) is 0 Å². The van der Waals surface area contributed by atoms with Crippen LogP contribution in [0.5, 0.6) is 0 Å². The largest absolute Gasteiger partial charge is 0.378 e. The van der Waals surface area contributed by atoms with E-state index in [-0.39, 0.29) is 10.5 Å². The number of aryl methyl sites for hydroxylation is 2. The highest BCUT2D eigenvalue weighted by Crippen LogP contribution is 2.38. The van der Waals surface area contributed by atoms with Gasteiger partial charge in [-0.25, -0.2) is 4.79 Å². The maximum absolute atomic E-state index is 12.0. The Hall–Kier alpha value is -1.07. The fraction of sp³-hybridized carbons (Fsp3) is 0.533. The second-order valence-corrected chi connectivity index (χ2v) is 6.68. The number of fused-ring (bicyclic) bond motifs is 1. The third kappa shape index (κ3) is 2.13. The molecule has 0 aliphatic carbocycles. The lowest BCUT2D eigenvalue weighted by atomic mass is 9.96. The van der Waals surface area contributed by atoms with E-state index in [0.717, 1.165) is 24.1 Å². The summed E-state index contributed by atoms with van der Waals surface area (Å²) in [4.78, 5) is 12.2. The number of ether oxygens (including phenoxy) is 1. The third-order valence-electron chi connectivity index (χ3n) is 4.26. The van der Waals surface area contributed by atoms with Crippen LogP contribution in [-0.4, -0.2) is 21.8 Å². The number of aromatic nitrogens is 2. The van der Waals surface area contributed by atoms with E-state index in [1.165, 1.54) is 5.56 Å². The van der Waals surface area contributed by atoms with E-state index in [0.29, 0.717) is 12.0 Å². The summed E-state index contributed by atoms with van der Waals surface area (Å²) in [5.41, 5.74) is 3.17. The van der Waals surface area contributed by atoms with Gasteiger partial charge in [0.05, 0.1) is 23.7 Å². The Bertz CT molecular complexity index is 704. The van der Waals surface area contributed by atoms with Gasteiger partial charge in [0.15, 0.2) is 0 Å². The van der Waals surface area contributed by atoms with Crippen LogP contribution in [0.3, 0.4) is 0 Å². The fourth-order valence-corrected chi connectivity index (χ4v) is 3.67. The first-order valence-electron chi connectivity index (χ1n) is 6.90. The quantitative estimate of drug-likeness (QED) is 0.789. The standard InChI is InChI=1S/C15H19BrN2O2/c1-9-6-11(8-20-9)14(16)10-4-5-12-13(7-10)18(3)15(19)17(12)2/h4-5,7,9,11,14H,6,8H2,1-3H3. The summed E-state index contributed by atoms with van der Waals surface area (Å²) in [7, 11) is 3.63. The van der Waals surface area contributed by atoms with Gasteiger partial charge in [-0.15, -0.1) is 0 Å². The van der Waals surface area contributed by atoms with E-state index in [9.17, 15) is 4.79 Å². The second kappa shape index (κ2) is 5.04. The Morgan fingerprint density at radius 2 is 2.00 bits per heavy atom. The molecule has 0 spiro atoms. The lowest BCUT2D eigenvalue weighted by Crippen LogP contribution is -2.19. The number of nitrogens with zero attached hydrogens (tertiary/aromatic N) is 2. The SMILES string of the molecule is CC1CC(C(Br)c2ccc3c(c2)n(C)c(=O)n3C)CO1. The van der Waals surface area contributed by atoms with E-state index >= 15 is 0 Å². The van der Waals surface area contributed by atoms with Crippen molar-refractivity contribution in [2.75, 3.05) is 6.61 Å². The molecule has 4 nitrogen and oxygen atoms in total. The summed E-state index contributed by atoms with van der Waals surface area (Å²) >= 11 is 3.80. The van der Waals surface area contributed by atoms with Crippen molar-refractivity contribution >= 4 is 27.0 Å². The van der Waals surface area contributed by atoms with Crippen LogP contribution in [0.2, 0.25) is 0 Å². The first-order chi connectivity index (χ1) is 9.49. The van der Waals surface area contributed by atoms with Crippen LogP contribution in [0.25, 0.3) is 11.0 Å². The summed E-state index contributed by atoms with van der Waals surface area (Å²) in [5.74, 6) is 0.489. The topological polar surface area (TPSA) is 36.2 Å². The molecule has 1 saturated heterocycles. The molecule has 0 bridgehead atoms. The summed E-state index contributed by atoms with van der Waals surface area (Å²) in [6.07, 6.45) is 1.41. The van der Waals surface area contributed by atoms with Crippen molar-refractivity contribution in [3.8, 4) is 0 Å². The number of rotatable bonds is 2. The van der Waals surface area contributed by atoms with Crippen molar-refractivity contribution in [2.24, 2.45) is 20.0 Å². The van der Waals surface area contributed by atoms with E-state index in [1.54, 1.807) is 9.13 Å². The highest BCUT2D eigenvalue weighted by atomic mass is 79.9. The Labute approximate surface area is 126 Å². The smallest absolute Gasteiger partial charge is 0.328 e. The van der Waals surface area contributed by atoms with Gasteiger partial charge in [-0.2, -0.15) is 0 Å². The van der Waals surface area contributed by atoms with Gasteiger partial charge >= 0.3 is 5.69 Å². The van der Waals surface area contributed by atoms with E-state index in [1.807, 2.05) is 20.2 Å². The molecule has 2 aromatic rings. The van der Waals surface area contributed by atoms with Gasteiger partial charge < -0.3 is 4.74 Å². The molecule has 3 rings (SSSR count). The zero-order valence-corrected chi connectivity index (χ0v) is 13.6. The molecule has 20 heavy (non-hydrogen) atoms. The van der Waals surface area contributed by atoms with Crippen molar-refractivity contribution in [2.45, 2.75) is 24.3 Å². The molecule has 0 saturated carbocycles. The zero-order chi connectivity index (χ0) is 14.4. The van der Waals surface area contributed by atoms with Crippen LogP contribution in [0, 0.1) is 5.92 Å². The van der Waals surface area contributed by atoms with Crippen LogP contribution in [-0.2, 0) is 18.8 Å². The second-order valence-electron chi connectivity index (χ2n) is 5.69. The fourth-order valence-electron chi connectivity index (χ4n) is 3.02. The van der Waals surface area contributed by atoms with Gasteiger partial charge in [0.1, 0.15) is 0 Å². The maximum Gasteiger partial charge on any atom is 0.328 e. The Morgan fingerprint density at radius 1 is 1.30 bits per heavy atom. The molecule has 1 aromatic heterocycles. The number of hydrogen-bond donors (Lipinski definition) is 0. The average molecular weight is 339 g/mol. The maximum atomic E-state index is 12.0. The summed E-state index contributed by atoms with van der Waals surface area (Å²) in [5, 5.41) is 0. The first kappa shape index (κ1) is 13.9. The third-order valence-corrected chi connectivity index (χ3v) is 5.53. The van der Waals surface area contributed by atoms with Crippen LogP contribution in [0.4, 0.5) is 0 Å². The Morgan fingerprint density at radius 3 is 2.65 bits per heavy atom. The van der Waals surface area contributed by atoms with E-state index in [4.69, 9.17) is 4.74 Å². The van der Waals surface area contributed by atoms with Crippen molar-refractivity contribution in [1.82, 2.24) is 9.13 Å². The van der Waals surface area contributed by atoms with Crippen molar-refractivity contribution < 1.29 is 4.74 Å². The molecule has 1 aromatic carbocycles. The minimum absolute atomic E-state index is 0.0149. The molecule has 1 aliphatic heterocycles. The molecular weight excluding hydrogens is 320 g/mol. The molecule has 2 heterocycles. The van der Waals surface area contributed by atoms with Gasteiger partial charge in [0.2, 0.25) is 0 Å². The van der Waals surface area contributed by atoms with Crippen molar-refractivity contribution in [3.05, 3.63) is 34.2 Å². The molecule has 0 amide bonds. The molecule has 0 N–H and O–H groups in total. The van der Waals surface area contributed by atoms with Crippen LogP contribution in [0.1, 0.15) is 23.7 Å². The van der Waals surface area contributed by atoms with Crippen LogP contribution < -0.4 is 5.69 Å². The molecule has 3 unspecified atom stereocenters. The normalized spacial score (nSPS) is 24.4. The lowest BCUT2D eigenvalue weighted by Gasteiger charge is -2.16.